The van der Waals surface area contributed by atoms with E-state index in [1.54, 1.807) is 60.7 Å². The third kappa shape index (κ3) is 20.6. The van der Waals surface area contributed by atoms with Crippen LogP contribution in [0.2, 0.25) is 0 Å². The van der Waals surface area contributed by atoms with Crippen molar-refractivity contribution >= 4 is 35.8 Å². The van der Waals surface area contributed by atoms with Gasteiger partial charge in [-0.3, -0.25) is 24.4 Å². The highest BCUT2D eigenvalue weighted by atomic mass is 19.2. The maximum Gasteiger partial charge on any atom is 0.354 e. The van der Waals surface area contributed by atoms with Gasteiger partial charge >= 0.3 is 29.8 Å². The summed E-state index contributed by atoms with van der Waals surface area (Å²) in [4.78, 5) is 97.3. The van der Waals surface area contributed by atoms with E-state index in [2.05, 4.69) is 30.0 Å². The Morgan fingerprint density at radius 2 is 0.817 bits per heavy atom. The number of hydrogen-bond donors (Lipinski definition) is 5. The quantitative estimate of drug-likeness (QED) is 0.00983. The van der Waals surface area contributed by atoms with Crippen molar-refractivity contribution in [1.29, 1.82) is 0 Å². The topological polar surface area (TPSA) is 312 Å². The van der Waals surface area contributed by atoms with Crippen molar-refractivity contribution in [1.82, 2.24) is 40.0 Å². The van der Waals surface area contributed by atoms with E-state index >= 15 is 0 Å². The third-order valence-corrected chi connectivity index (χ3v) is 11.5. The molecule has 82 heavy (non-hydrogen) atoms. The molecule has 0 saturated heterocycles. The molecule has 0 saturated carbocycles. The van der Waals surface area contributed by atoms with Crippen molar-refractivity contribution in [3.05, 3.63) is 171 Å². The maximum absolute atomic E-state index is 13.7. The second kappa shape index (κ2) is 31.8. The van der Waals surface area contributed by atoms with Crippen molar-refractivity contribution in [3.63, 3.8) is 0 Å². The van der Waals surface area contributed by atoms with E-state index in [1.807, 2.05) is 9.80 Å². The predicted molar refractivity (Wildman–Crippen MR) is 276 cm³/mol. The Morgan fingerprint density at radius 3 is 1.22 bits per heavy atom. The largest absolute Gasteiger partial charge is 0.491 e. The zero-order valence-electron chi connectivity index (χ0n) is 43.8. The number of aromatic carboxylic acids is 4. The number of amides is 1. The van der Waals surface area contributed by atoms with E-state index in [9.17, 15) is 66.8 Å². The summed E-state index contributed by atoms with van der Waals surface area (Å²) in [6.45, 7) is 1.77. The van der Waals surface area contributed by atoms with Crippen LogP contribution in [0.15, 0.2) is 91.0 Å². The second-order valence-electron chi connectivity index (χ2n) is 17.9. The van der Waals surface area contributed by atoms with E-state index in [4.69, 9.17) is 23.9 Å². The lowest BCUT2D eigenvalue weighted by Gasteiger charge is -2.24. The predicted octanol–water partition coefficient (Wildman–Crippen LogP) is 6.13. The van der Waals surface area contributed by atoms with Crippen LogP contribution >= 0.6 is 0 Å². The lowest BCUT2D eigenvalue weighted by Crippen LogP contribution is -2.27. The molecule has 0 atom stereocenters. The van der Waals surface area contributed by atoms with Crippen molar-refractivity contribution < 1.29 is 90.4 Å². The molecule has 23 nitrogen and oxygen atoms in total. The third-order valence-electron chi connectivity index (χ3n) is 11.5. The number of carboxylic acid groups (broad SMARTS) is 4. The van der Waals surface area contributed by atoms with Gasteiger partial charge in [0.05, 0.1) is 73.8 Å². The van der Waals surface area contributed by atoms with Gasteiger partial charge in [-0.2, -0.15) is 8.78 Å². The molecule has 5 aromatic heterocycles. The van der Waals surface area contributed by atoms with Crippen LogP contribution in [-0.2, 0) is 63.1 Å². The van der Waals surface area contributed by atoms with Gasteiger partial charge in [0.1, 0.15) is 35.1 Å². The van der Waals surface area contributed by atoms with E-state index < -0.39 is 58.9 Å². The number of halogens is 4. The van der Waals surface area contributed by atoms with Gasteiger partial charge in [0.15, 0.2) is 11.6 Å². The summed E-state index contributed by atoms with van der Waals surface area (Å²) < 4.78 is 81.7. The molecule has 0 spiro atoms. The van der Waals surface area contributed by atoms with Gasteiger partial charge in [0.25, 0.3) is 0 Å². The van der Waals surface area contributed by atoms with E-state index in [1.165, 1.54) is 24.3 Å². The summed E-state index contributed by atoms with van der Waals surface area (Å²) in [5.41, 5.74) is 1.71. The van der Waals surface area contributed by atoms with Crippen LogP contribution < -0.4 is 14.8 Å². The van der Waals surface area contributed by atoms with Crippen LogP contribution in [-0.4, -0.2) is 144 Å². The number of benzene rings is 1. The Labute approximate surface area is 465 Å². The molecule has 27 heteroatoms. The Morgan fingerprint density at radius 1 is 0.451 bits per heavy atom. The number of carbonyl (C=O) groups is 6. The maximum atomic E-state index is 13.7. The monoisotopic (exact) mass is 1140 g/mol. The first-order valence-electron chi connectivity index (χ1n) is 25.3. The van der Waals surface area contributed by atoms with Gasteiger partial charge in [-0.1, -0.05) is 24.3 Å². The smallest absolute Gasteiger partial charge is 0.354 e. The molecule has 0 fully saturated rings. The molecule has 0 aliphatic carbocycles. The average Bonchev–Trinajstić information content (AvgIpc) is 3.46. The van der Waals surface area contributed by atoms with E-state index in [-0.39, 0.29) is 152 Å². The first-order valence-corrected chi connectivity index (χ1v) is 25.3. The Hall–Kier alpha value is -8.89. The zero-order valence-corrected chi connectivity index (χ0v) is 43.8. The lowest BCUT2D eigenvalue weighted by atomic mass is 10.2. The number of pyridine rings is 5. The van der Waals surface area contributed by atoms with Gasteiger partial charge in [-0.15, -0.1) is 0 Å². The molecule has 5 heterocycles. The zero-order chi connectivity index (χ0) is 59.0. The van der Waals surface area contributed by atoms with Gasteiger partial charge in [-0.05, 0) is 61.4 Å². The fourth-order valence-corrected chi connectivity index (χ4v) is 7.79. The van der Waals surface area contributed by atoms with Gasteiger partial charge in [0, 0.05) is 76.9 Å². The highest BCUT2D eigenvalue weighted by molar-refractivity contribution is 5.86. The molecule has 1 aromatic carbocycles. The Balaban J connectivity index is 1.03. The number of nitrogens with zero attached hydrogens (tertiary/aromatic N) is 7. The highest BCUT2D eigenvalue weighted by Gasteiger charge is 2.24. The number of hydrogen-bond acceptors (Lipinski definition) is 18. The molecule has 6 rings (SSSR count). The van der Waals surface area contributed by atoms with Crippen LogP contribution in [0, 0.1) is 23.3 Å². The van der Waals surface area contributed by atoms with Crippen LogP contribution in [0.25, 0.3) is 0 Å². The summed E-state index contributed by atoms with van der Waals surface area (Å²) in [6, 6.07) is 21.6. The molecule has 434 valence electrons. The van der Waals surface area contributed by atoms with Crippen LogP contribution in [0.3, 0.4) is 0 Å². The fourth-order valence-electron chi connectivity index (χ4n) is 7.79. The Kier molecular flexibility index (Phi) is 24.2. The van der Waals surface area contributed by atoms with Crippen LogP contribution in [0.5, 0.6) is 11.5 Å². The average molecular weight is 1150 g/mol. The number of nitrogens with one attached hydrogen (secondary N) is 1. The molecule has 0 radical (unpaired) electrons. The standard InChI is InChI=1S/C55H56F4N8O15/c56-41-27-42(57)50(59)51(49(41)58)82-48(69)16-2-1-15-47(68)60-17-18-78-19-20-79-21-22-80-23-24-81-40-25-38(32-66(28-34-7-3-11-43(62-34)52(70)71)29-35-8-4-12-44(63-35)53(72)73)61-39(26-40)33-67(30-36-9-5-13-45(64-36)54(74)75)31-37-10-6-14-46(65-37)55(76)77/h3-14,25-27H,1-2,15-24,28-33H2,(H,60,68)(H,70,71)(H,72,73)(H,74,75)(H,76,77). The summed E-state index contributed by atoms with van der Waals surface area (Å²) >= 11 is 0. The first kappa shape index (κ1) is 62.3. The summed E-state index contributed by atoms with van der Waals surface area (Å²) in [5.74, 6) is -14.6. The molecule has 0 bridgehead atoms. The number of ether oxygens (including phenoxy) is 5. The van der Waals surface area contributed by atoms with Gasteiger partial charge in [0.2, 0.25) is 23.3 Å². The molecule has 1 amide bonds. The van der Waals surface area contributed by atoms with Crippen LogP contribution in [0.1, 0.15) is 102 Å². The molecule has 6 aromatic rings. The Bertz CT molecular complexity index is 2910. The van der Waals surface area contributed by atoms with E-state index in [0.29, 0.717) is 39.9 Å². The summed E-state index contributed by atoms with van der Waals surface area (Å²) in [6.07, 6.45) is -0.0429. The molecule has 5 N–H and O–H groups in total. The lowest BCUT2D eigenvalue weighted by molar-refractivity contribution is -0.135. The summed E-state index contributed by atoms with van der Waals surface area (Å²) in [5, 5.41) is 41.3. The molecule has 0 aliphatic heterocycles. The number of aromatic nitrogens is 5. The molecular formula is C55H56F4N8O15. The second-order valence-corrected chi connectivity index (χ2v) is 17.9. The number of unbranched alkanes of at least 4 members (excludes halogenated alkanes) is 1. The SMILES string of the molecule is O=C(CCCCC(=O)Oc1c(F)c(F)cc(F)c1F)NCCOCCOCCOCCOc1cc(CN(Cc2cccc(C(=O)O)n2)Cc2cccc(C(=O)O)n2)nc(CN(Cc2cccc(C(=O)O)n2)Cc2cccc(C(=O)O)n2)c1. The van der Waals surface area contributed by atoms with E-state index in [0.717, 1.165) is 0 Å². The highest BCUT2D eigenvalue weighted by Crippen LogP contribution is 2.27. The number of rotatable bonds is 35. The fraction of sp³-hybridized carbons (Fsp3) is 0.327. The number of carboxylic acids is 4. The minimum absolute atomic E-state index is 0.0101. The molecule has 0 aliphatic rings. The molecule has 0 unspecified atom stereocenters. The van der Waals surface area contributed by atoms with Gasteiger partial charge in [-0.25, -0.2) is 47.9 Å². The number of carbonyl (C=O) groups excluding carboxylic acids is 2. The van der Waals surface area contributed by atoms with Crippen molar-refractivity contribution in [3.8, 4) is 11.5 Å². The van der Waals surface area contributed by atoms with Crippen molar-refractivity contribution in [2.24, 2.45) is 0 Å². The normalized spacial score (nSPS) is 11.2. The van der Waals surface area contributed by atoms with Gasteiger partial charge < -0.3 is 49.4 Å². The first-order chi connectivity index (χ1) is 39.4. The minimum atomic E-state index is -1.84. The van der Waals surface area contributed by atoms with Crippen molar-refractivity contribution in [2.45, 2.75) is 65.0 Å². The van der Waals surface area contributed by atoms with Crippen molar-refractivity contribution in [2.75, 3.05) is 52.8 Å². The summed E-state index contributed by atoms with van der Waals surface area (Å²) in [7, 11) is 0. The minimum Gasteiger partial charge on any atom is -0.491 e. The molecular weight excluding hydrogens is 1090 g/mol. The number of esters is 1. The van der Waals surface area contributed by atoms with Crippen LogP contribution in [0.4, 0.5) is 17.6 Å².